The van der Waals surface area contributed by atoms with Crippen molar-refractivity contribution in [2.75, 3.05) is 0 Å². The van der Waals surface area contributed by atoms with Gasteiger partial charge in [0.2, 0.25) is 0 Å². The van der Waals surface area contributed by atoms with E-state index in [2.05, 4.69) is 35.8 Å². The number of rotatable bonds is 2. The van der Waals surface area contributed by atoms with Gasteiger partial charge in [-0.15, -0.1) is 11.3 Å². The van der Waals surface area contributed by atoms with Crippen LogP contribution in [0.4, 0.5) is 4.39 Å². The maximum atomic E-state index is 12.8. The molecule has 1 heterocycles. The van der Waals surface area contributed by atoms with E-state index in [9.17, 15) is 4.39 Å². The number of benzene rings is 1. The summed E-state index contributed by atoms with van der Waals surface area (Å²) in [5, 5.41) is 0. The van der Waals surface area contributed by atoms with Gasteiger partial charge in [-0.25, -0.2) is 4.39 Å². The van der Waals surface area contributed by atoms with Crippen LogP contribution in [0.2, 0.25) is 0 Å². The summed E-state index contributed by atoms with van der Waals surface area (Å²) in [5.41, 5.74) is 2.40. The highest BCUT2D eigenvalue weighted by Crippen LogP contribution is 2.36. The molecule has 0 aliphatic heterocycles. The lowest BCUT2D eigenvalue weighted by Gasteiger charge is -2.07. The molecule has 0 saturated heterocycles. The minimum Gasteiger partial charge on any atom is -0.207 e. The lowest BCUT2D eigenvalue weighted by Crippen LogP contribution is -1.89. The predicted molar refractivity (Wildman–Crippen MR) is 71.0 cm³/mol. The molecule has 1 aromatic carbocycles. The van der Waals surface area contributed by atoms with Gasteiger partial charge in [0.15, 0.2) is 0 Å². The molecule has 0 radical (unpaired) electrons. The van der Waals surface area contributed by atoms with Gasteiger partial charge in [0.05, 0.1) is 4.83 Å². The van der Waals surface area contributed by atoms with Gasteiger partial charge in [0, 0.05) is 9.75 Å². The van der Waals surface area contributed by atoms with Crippen molar-refractivity contribution in [3.63, 3.8) is 0 Å². The van der Waals surface area contributed by atoms with E-state index in [-0.39, 0.29) is 10.6 Å². The molecule has 1 atom stereocenters. The number of thiophene rings is 1. The zero-order chi connectivity index (χ0) is 11.7. The number of aryl methyl sites for hydroxylation is 2. The maximum absolute atomic E-state index is 12.8. The third kappa shape index (κ3) is 2.36. The van der Waals surface area contributed by atoms with Crippen LogP contribution < -0.4 is 0 Å². The maximum Gasteiger partial charge on any atom is 0.123 e. The zero-order valence-corrected chi connectivity index (χ0v) is 11.5. The molecule has 1 unspecified atom stereocenters. The van der Waals surface area contributed by atoms with E-state index < -0.39 is 0 Å². The quantitative estimate of drug-likeness (QED) is 0.685. The van der Waals surface area contributed by atoms with Crippen molar-refractivity contribution in [2.45, 2.75) is 18.7 Å². The van der Waals surface area contributed by atoms with Gasteiger partial charge in [-0.3, -0.25) is 0 Å². The Hall–Kier alpha value is -0.670. The van der Waals surface area contributed by atoms with E-state index in [1.54, 1.807) is 11.3 Å². The van der Waals surface area contributed by atoms with Crippen LogP contribution in [0.5, 0.6) is 0 Å². The van der Waals surface area contributed by atoms with Crippen molar-refractivity contribution < 1.29 is 4.39 Å². The standard InChI is InChI=1S/C13H12BrFS/c1-8-7-12(16-9(8)2)13(14)10-3-5-11(15)6-4-10/h3-7,13H,1-2H3. The molecule has 0 N–H and O–H groups in total. The highest BCUT2D eigenvalue weighted by atomic mass is 79.9. The molecule has 0 fully saturated rings. The smallest absolute Gasteiger partial charge is 0.123 e. The predicted octanol–water partition coefficient (Wildman–Crippen LogP) is 4.99. The molecule has 0 aliphatic rings. The molecule has 84 valence electrons. The summed E-state index contributed by atoms with van der Waals surface area (Å²) in [5.74, 6) is -0.193. The van der Waals surface area contributed by atoms with Gasteiger partial charge < -0.3 is 0 Å². The molecule has 0 bridgehead atoms. The van der Waals surface area contributed by atoms with Crippen LogP contribution in [-0.4, -0.2) is 0 Å². The second-order valence-corrected chi connectivity index (χ2v) is 6.01. The monoisotopic (exact) mass is 298 g/mol. The first kappa shape index (κ1) is 11.8. The first-order valence-electron chi connectivity index (χ1n) is 5.04. The Morgan fingerprint density at radius 3 is 2.31 bits per heavy atom. The summed E-state index contributed by atoms with van der Waals surface area (Å²) in [6.45, 7) is 4.23. The molecule has 2 rings (SSSR count). The summed E-state index contributed by atoms with van der Waals surface area (Å²) in [4.78, 5) is 2.76. The van der Waals surface area contributed by atoms with Gasteiger partial charge in [0.1, 0.15) is 5.82 Å². The molecule has 0 saturated carbocycles. The van der Waals surface area contributed by atoms with Crippen LogP contribution in [0.3, 0.4) is 0 Å². The second kappa shape index (κ2) is 4.68. The minimum atomic E-state index is -0.193. The summed E-state index contributed by atoms with van der Waals surface area (Å²) < 4.78 is 12.8. The Bertz CT molecular complexity index is 468. The Morgan fingerprint density at radius 2 is 1.81 bits per heavy atom. The molecule has 16 heavy (non-hydrogen) atoms. The van der Waals surface area contributed by atoms with Crippen LogP contribution in [0, 0.1) is 19.7 Å². The van der Waals surface area contributed by atoms with Crippen LogP contribution in [-0.2, 0) is 0 Å². The van der Waals surface area contributed by atoms with E-state index in [1.165, 1.54) is 27.5 Å². The molecule has 0 nitrogen and oxygen atoms in total. The van der Waals surface area contributed by atoms with Crippen molar-refractivity contribution in [1.29, 1.82) is 0 Å². The average Bonchev–Trinajstić information content (AvgIpc) is 2.59. The fraction of sp³-hybridized carbons (Fsp3) is 0.231. The summed E-state index contributed by atoms with van der Waals surface area (Å²) in [6.07, 6.45) is 0. The van der Waals surface area contributed by atoms with Crippen LogP contribution in [0.1, 0.15) is 25.7 Å². The second-order valence-electron chi connectivity index (χ2n) is 3.80. The largest absolute Gasteiger partial charge is 0.207 e. The molecular weight excluding hydrogens is 287 g/mol. The molecular formula is C13H12BrFS. The summed E-state index contributed by atoms with van der Waals surface area (Å²) in [6, 6.07) is 8.81. The van der Waals surface area contributed by atoms with Crippen molar-refractivity contribution in [3.8, 4) is 0 Å². The number of hydrogen-bond donors (Lipinski definition) is 0. The molecule has 3 heteroatoms. The number of hydrogen-bond acceptors (Lipinski definition) is 1. The Labute approximate surface area is 107 Å². The Balaban J connectivity index is 2.31. The normalized spacial score (nSPS) is 12.8. The van der Waals surface area contributed by atoms with E-state index in [0.717, 1.165) is 5.56 Å². The van der Waals surface area contributed by atoms with Gasteiger partial charge in [-0.05, 0) is 43.2 Å². The lowest BCUT2D eigenvalue weighted by atomic mass is 10.1. The topological polar surface area (TPSA) is 0 Å². The summed E-state index contributed by atoms with van der Waals surface area (Å²) in [7, 11) is 0. The van der Waals surface area contributed by atoms with Crippen LogP contribution in [0.15, 0.2) is 30.3 Å². The average molecular weight is 299 g/mol. The number of halogens is 2. The molecule has 1 aromatic heterocycles. The highest BCUT2D eigenvalue weighted by molar-refractivity contribution is 9.09. The molecule has 0 amide bonds. The van der Waals surface area contributed by atoms with Gasteiger partial charge in [-0.1, -0.05) is 28.1 Å². The van der Waals surface area contributed by atoms with E-state index in [4.69, 9.17) is 0 Å². The third-order valence-corrected chi connectivity index (χ3v) is 5.14. The van der Waals surface area contributed by atoms with Gasteiger partial charge in [0.25, 0.3) is 0 Å². The first-order chi connectivity index (χ1) is 7.58. The third-order valence-electron chi connectivity index (χ3n) is 2.60. The fourth-order valence-corrected chi connectivity index (χ4v) is 3.29. The molecule has 2 aromatic rings. The fourth-order valence-electron chi connectivity index (χ4n) is 1.52. The van der Waals surface area contributed by atoms with E-state index in [0.29, 0.717) is 0 Å². The van der Waals surface area contributed by atoms with E-state index in [1.807, 2.05) is 12.1 Å². The Morgan fingerprint density at radius 1 is 1.19 bits per heavy atom. The first-order valence-corrected chi connectivity index (χ1v) is 6.77. The van der Waals surface area contributed by atoms with Gasteiger partial charge in [-0.2, -0.15) is 0 Å². The van der Waals surface area contributed by atoms with Crippen LogP contribution in [0.25, 0.3) is 0 Å². The lowest BCUT2D eigenvalue weighted by molar-refractivity contribution is 0.627. The molecule has 0 spiro atoms. The van der Waals surface area contributed by atoms with Crippen molar-refractivity contribution >= 4 is 27.3 Å². The number of alkyl halides is 1. The Kier molecular flexibility index (Phi) is 3.45. The highest BCUT2D eigenvalue weighted by Gasteiger charge is 2.13. The van der Waals surface area contributed by atoms with Gasteiger partial charge >= 0.3 is 0 Å². The van der Waals surface area contributed by atoms with Crippen molar-refractivity contribution in [1.82, 2.24) is 0 Å². The molecule has 0 aliphatic carbocycles. The van der Waals surface area contributed by atoms with Crippen molar-refractivity contribution in [2.24, 2.45) is 0 Å². The minimum absolute atomic E-state index is 0.158. The summed E-state index contributed by atoms with van der Waals surface area (Å²) >= 11 is 5.43. The van der Waals surface area contributed by atoms with Crippen molar-refractivity contribution in [3.05, 3.63) is 57.0 Å². The zero-order valence-electron chi connectivity index (χ0n) is 9.13. The van der Waals surface area contributed by atoms with E-state index >= 15 is 0 Å². The SMILES string of the molecule is Cc1cc(C(Br)c2ccc(F)cc2)sc1C. The van der Waals surface area contributed by atoms with Crippen LogP contribution >= 0.6 is 27.3 Å².